The van der Waals surface area contributed by atoms with Gasteiger partial charge in [-0.15, -0.1) is 0 Å². The highest BCUT2D eigenvalue weighted by atomic mass is 16.5. The van der Waals surface area contributed by atoms with Crippen molar-refractivity contribution in [2.75, 3.05) is 0 Å². The van der Waals surface area contributed by atoms with E-state index in [0.717, 1.165) is 58.9 Å². The fourth-order valence-corrected chi connectivity index (χ4v) is 12.6. The number of aliphatic carboxylic acids is 1. The molecule has 6 aliphatic rings. The van der Waals surface area contributed by atoms with Crippen molar-refractivity contribution in [1.29, 1.82) is 0 Å². The molecule has 2 aromatic rings. The predicted octanol–water partition coefficient (Wildman–Crippen LogP) is 8.18. The standard InChI is InChI=1S/C43H53NO6/c1-21(2)33-36(47)31-30-24(27-20-39(4,5)50-40(6,7)32(27)35(30)46)19-25-26-18-23-13-14-28-41(8,16-11-12-22(3)38(48)49)29(45)15-17-42(28,9)43(23,10)37(26)44(33)34(25)31/h11-12,16,19-20,23,28-29,32-33,35,45-46H,1,13-15,17-18H2,2-10H3,(H,48,49)/t23-,28-,29-,32+,33-,35+,41-,42-,43+/m0/s1. The number of ether oxygens (including phenoxy) is 1. The number of carbonyl (C=O) groups is 2. The highest BCUT2D eigenvalue weighted by Gasteiger charge is 2.67. The van der Waals surface area contributed by atoms with Crippen molar-refractivity contribution in [3.8, 4) is 0 Å². The van der Waals surface area contributed by atoms with E-state index in [1.807, 2.05) is 26.8 Å². The van der Waals surface area contributed by atoms with Crippen molar-refractivity contribution in [3.63, 3.8) is 0 Å². The van der Waals surface area contributed by atoms with Crippen LogP contribution < -0.4 is 0 Å². The van der Waals surface area contributed by atoms with Crippen molar-refractivity contribution in [2.45, 2.75) is 129 Å². The van der Waals surface area contributed by atoms with E-state index >= 15 is 0 Å². The second-order valence-corrected chi connectivity index (χ2v) is 18.3. The lowest BCUT2D eigenvalue weighted by Gasteiger charge is -2.64. The Labute approximate surface area is 295 Å². The maximum absolute atomic E-state index is 14.8. The van der Waals surface area contributed by atoms with Crippen LogP contribution in [0.3, 0.4) is 0 Å². The summed E-state index contributed by atoms with van der Waals surface area (Å²) in [5.74, 6) is -0.702. The summed E-state index contributed by atoms with van der Waals surface area (Å²) in [6, 6.07) is 1.75. The van der Waals surface area contributed by atoms with E-state index in [1.165, 1.54) is 11.3 Å². The number of rotatable bonds is 4. The Bertz CT molecular complexity index is 2020. The number of allylic oxidation sites excluding steroid dienone is 3. The number of carboxylic acids is 1. The predicted molar refractivity (Wildman–Crippen MR) is 195 cm³/mol. The van der Waals surface area contributed by atoms with Gasteiger partial charge in [0.15, 0.2) is 5.78 Å². The molecule has 0 saturated heterocycles. The quantitative estimate of drug-likeness (QED) is 0.171. The van der Waals surface area contributed by atoms with Crippen LogP contribution >= 0.6 is 0 Å². The number of Topliss-reactive ketones (excluding diaryl/α,β-unsaturated/α-hetero) is 1. The van der Waals surface area contributed by atoms with Crippen LogP contribution in [0.15, 0.2) is 48.1 Å². The summed E-state index contributed by atoms with van der Waals surface area (Å²) in [6.07, 6.45) is 10.7. The van der Waals surface area contributed by atoms with Gasteiger partial charge in [-0.2, -0.15) is 0 Å². The van der Waals surface area contributed by atoms with Crippen LogP contribution in [0.2, 0.25) is 0 Å². The molecule has 0 bridgehead atoms. The van der Waals surface area contributed by atoms with Crippen molar-refractivity contribution in [2.24, 2.45) is 28.6 Å². The molecule has 8 rings (SSSR count). The number of aliphatic hydroxyl groups is 2. The van der Waals surface area contributed by atoms with Crippen molar-refractivity contribution in [3.05, 3.63) is 76.0 Å². The van der Waals surface area contributed by atoms with Gasteiger partial charge in [0.05, 0.1) is 34.5 Å². The Morgan fingerprint density at radius 3 is 2.42 bits per heavy atom. The smallest absolute Gasteiger partial charge is 0.331 e. The Kier molecular flexibility index (Phi) is 6.91. The summed E-state index contributed by atoms with van der Waals surface area (Å²) in [5.41, 5.74) is 5.80. The highest BCUT2D eigenvalue weighted by Crippen LogP contribution is 2.71. The maximum atomic E-state index is 14.8. The molecule has 1 aromatic heterocycles. The maximum Gasteiger partial charge on any atom is 0.331 e. The molecule has 7 nitrogen and oxygen atoms in total. The van der Waals surface area contributed by atoms with Crippen LogP contribution in [-0.2, 0) is 21.4 Å². The van der Waals surface area contributed by atoms with Crippen LogP contribution in [0.4, 0.5) is 0 Å². The molecule has 2 saturated carbocycles. The summed E-state index contributed by atoms with van der Waals surface area (Å²) >= 11 is 0. The first-order valence-corrected chi connectivity index (χ1v) is 18.5. The molecule has 0 spiro atoms. The second-order valence-electron chi connectivity index (χ2n) is 18.3. The molecule has 4 aliphatic carbocycles. The summed E-state index contributed by atoms with van der Waals surface area (Å²) in [6.45, 7) is 23.1. The Balaban J connectivity index is 1.36. The molecule has 1 aromatic carbocycles. The molecule has 0 amide bonds. The first-order valence-electron chi connectivity index (χ1n) is 18.5. The molecule has 0 unspecified atom stereocenters. The topological polar surface area (TPSA) is 109 Å². The number of carbonyl (C=O) groups excluding carboxylic acids is 1. The van der Waals surface area contributed by atoms with Gasteiger partial charge in [-0.05, 0) is 120 Å². The van der Waals surface area contributed by atoms with E-state index in [2.05, 4.69) is 64.0 Å². The van der Waals surface area contributed by atoms with Crippen molar-refractivity contribution < 1.29 is 29.6 Å². The van der Waals surface area contributed by atoms with Gasteiger partial charge >= 0.3 is 5.97 Å². The molecule has 2 aliphatic heterocycles. The molecule has 9 atom stereocenters. The van der Waals surface area contributed by atoms with E-state index < -0.39 is 40.8 Å². The molecule has 3 heterocycles. The summed E-state index contributed by atoms with van der Waals surface area (Å²) in [4.78, 5) is 26.4. The number of fused-ring (bicyclic) bond motifs is 11. The van der Waals surface area contributed by atoms with E-state index in [9.17, 15) is 24.9 Å². The van der Waals surface area contributed by atoms with Crippen LogP contribution in [0, 0.1) is 28.6 Å². The SMILES string of the molecule is C=C(C)[C@H]1C(=O)c2c3c(cc4c5c(n1c24)[C@@]1(C)[C@@H](CC[C@H]2[C@](C)(C=CC=C(C)C(=O)O)[C@@H](O)CC[C@@]21C)C5)C1=CC(C)(C)OC(C)(C)[C@H]1[C@@H]3O. The van der Waals surface area contributed by atoms with Gasteiger partial charge in [0, 0.05) is 39.0 Å². The lowest BCUT2D eigenvalue weighted by Crippen LogP contribution is -2.62. The van der Waals surface area contributed by atoms with Crippen molar-refractivity contribution in [1.82, 2.24) is 4.57 Å². The molecule has 0 radical (unpaired) electrons. The van der Waals surface area contributed by atoms with E-state index in [4.69, 9.17) is 4.74 Å². The number of carboxylic acid groups (broad SMARTS) is 1. The molecular weight excluding hydrogens is 626 g/mol. The summed E-state index contributed by atoms with van der Waals surface area (Å²) in [5, 5.41) is 34.4. The average Bonchev–Trinajstić information content (AvgIpc) is 3.67. The third kappa shape index (κ3) is 3.98. The second kappa shape index (κ2) is 10.2. The molecule has 266 valence electrons. The van der Waals surface area contributed by atoms with Gasteiger partial charge in [-0.1, -0.05) is 51.2 Å². The molecular formula is C43H53NO6. The average molecular weight is 680 g/mol. The lowest BCUT2D eigenvalue weighted by molar-refractivity contribution is -0.144. The highest BCUT2D eigenvalue weighted by molar-refractivity contribution is 6.18. The molecule has 7 heteroatoms. The van der Waals surface area contributed by atoms with Gasteiger partial charge < -0.3 is 24.6 Å². The van der Waals surface area contributed by atoms with Gasteiger partial charge in [-0.3, -0.25) is 4.79 Å². The first-order chi connectivity index (χ1) is 23.2. The third-order valence-corrected chi connectivity index (χ3v) is 14.8. The summed E-state index contributed by atoms with van der Waals surface area (Å²) < 4.78 is 8.86. The largest absolute Gasteiger partial charge is 0.478 e. The fourth-order valence-electron chi connectivity index (χ4n) is 12.6. The third-order valence-electron chi connectivity index (χ3n) is 14.8. The van der Waals surface area contributed by atoms with E-state index in [1.54, 1.807) is 13.0 Å². The van der Waals surface area contributed by atoms with E-state index in [-0.39, 0.29) is 34.0 Å². The fraction of sp³-hybridized carbons (Fsp3) is 0.581. The molecule has 2 fully saturated rings. The zero-order valence-electron chi connectivity index (χ0n) is 31.1. The normalized spacial score (nSPS) is 39.2. The Morgan fingerprint density at radius 1 is 1.06 bits per heavy atom. The van der Waals surface area contributed by atoms with Gasteiger partial charge in [-0.25, -0.2) is 4.79 Å². The minimum Gasteiger partial charge on any atom is -0.478 e. The molecule has 50 heavy (non-hydrogen) atoms. The minimum absolute atomic E-state index is 0.0189. The number of benzene rings is 1. The van der Waals surface area contributed by atoms with Gasteiger partial charge in [0.1, 0.15) is 6.04 Å². The Morgan fingerprint density at radius 2 is 1.76 bits per heavy atom. The van der Waals surface area contributed by atoms with E-state index in [0.29, 0.717) is 17.9 Å². The number of ketones is 1. The lowest BCUT2D eigenvalue weighted by atomic mass is 9.40. The number of aromatic nitrogens is 1. The van der Waals surface area contributed by atoms with Crippen LogP contribution in [0.5, 0.6) is 0 Å². The minimum atomic E-state index is -0.950. The van der Waals surface area contributed by atoms with Gasteiger partial charge in [0.25, 0.3) is 0 Å². The zero-order chi connectivity index (χ0) is 36.2. The number of aliphatic hydroxyl groups excluding tert-OH is 2. The zero-order valence-corrected chi connectivity index (χ0v) is 31.1. The number of hydrogen-bond donors (Lipinski definition) is 3. The van der Waals surface area contributed by atoms with Crippen molar-refractivity contribution >= 4 is 28.2 Å². The van der Waals surface area contributed by atoms with Crippen LogP contribution in [0.25, 0.3) is 16.5 Å². The van der Waals surface area contributed by atoms with Gasteiger partial charge in [0.2, 0.25) is 0 Å². The first kappa shape index (κ1) is 33.9. The molecule has 3 N–H and O–H groups in total. The number of nitrogens with zero attached hydrogens (tertiary/aromatic N) is 1. The summed E-state index contributed by atoms with van der Waals surface area (Å²) in [7, 11) is 0. The Hall–Kier alpha value is -3.26. The monoisotopic (exact) mass is 679 g/mol. The van der Waals surface area contributed by atoms with Crippen LogP contribution in [-0.4, -0.2) is 48.9 Å². The van der Waals surface area contributed by atoms with Crippen LogP contribution in [0.1, 0.15) is 133 Å². The number of hydrogen-bond acceptors (Lipinski definition) is 5.